The minimum absolute atomic E-state index is 0.148. The lowest BCUT2D eigenvalue weighted by atomic mass is 9.98. The highest BCUT2D eigenvalue weighted by Gasteiger charge is 2.45. The maximum atomic E-state index is 13.3. The van der Waals surface area contributed by atoms with Crippen molar-refractivity contribution in [1.82, 2.24) is 9.55 Å². The highest BCUT2D eigenvalue weighted by molar-refractivity contribution is 5.83. The van der Waals surface area contributed by atoms with Crippen molar-refractivity contribution in [3.63, 3.8) is 0 Å². The summed E-state index contributed by atoms with van der Waals surface area (Å²) in [6.45, 7) is 3.50. The van der Waals surface area contributed by atoms with E-state index in [4.69, 9.17) is 14.5 Å². The van der Waals surface area contributed by atoms with Crippen LogP contribution >= 0.6 is 0 Å². The summed E-state index contributed by atoms with van der Waals surface area (Å²) in [5.41, 5.74) is 4.26. The van der Waals surface area contributed by atoms with Crippen molar-refractivity contribution in [2.45, 2.75) is 63.6 Å². The van der Waals surface area contributed by atoms with Gasteiger partial charge in [-0.05, 0) is 37.1 Å². The van der Waals surface area contributed by atoms with Crippen LogP contribution in [0.15, 0.2) is 41.2 Å². The standard InChI is InChI=1S/C25H28N2O7/c1-3-18(33-25-23(31)22(30)21(29)19(11-28)34-25)15-9-17-20-14(10-27(17)24(32)12(15)2)8-13-6-4-5-7-16(13)26-20/h4-9,18-19,21-23,25,28-31H,3,10-11H2,1-2H3/t18-,19+,21+,22-,23+,25+/m0/s1. The van der Waals surface area contributed by atoms with E-state index in [0.29, 0.717) is 29.8 Å². The fourth-order valence-electron chi connectivity index (χ4n) is 4.86. The van der Waals surface area contributed by atoms with Crippen LogP contribution in [0.1, 0.15) is 36.1 Å². The molecule has 2 aromatic heterocycles. The van der Waals surface area contributed by atoms with Gasteiger partial charge in [-0.3, -0.25) is 4.79 Å². The molecule has 34 heavy (non-hydrogen) atoms. The minimum atomic E-state index is -1.54. The number of nitrogens with zero attached hydrogens (tertiary/aromatic N) is 2. The monoisotopic (exact) mass is 468 g/mol. The number of aliphatic hydroxyl groups is 4. The largest absolute Gasteiger partial charge is 0.394 e. The first-order valence-corrected chi connectivity index (χ1v) is 11.4. The molecular formula is C25H28N2O7. The maximum Gasteiger partial charge on any atom is 0.254 e. The van der Waals surface area contributed by atoms with Gasteiger partial charge in [0.15, 0.2) is 6.29 Å². The second-order valence-corrected chi connectivity index (χ2v) is 8.92. The number of fused-ring (bicyclic) bond motifs is 4. The SMILES string of the molecule is CC[C@H](O[C@@H]1O[C@H](CO)[C@@H](O)[C@H](O)[C@H]1O)c1cc2n(c(=O)c1C)Cc1cc3ccccc3nc1-2. The first-order valence-electron chi connectivity index (χ1n) is 11.4. The first kappa shape index (κ1) is 23.1. The zero-order valence-corrected chi connectivity index (χ0v) is 19.0. The zero-order valence-electron chi connectivity index (χ0n) is 19.0. The van der Waals surface area contributed by atoms with Crippen LogP contribution in [-0.4, -0.2) is 67.3 Å². The predicted octanol–water partition coefficient (Wildman–Crippen LogP) is 1.00. The lowest BCUT2D eigenvalue weighted by molar-refractivity contribution is -0.312. The second kappa shape index (κ2) is 8.84. The number of hydrogen-bond acceptors (Lipinski definition) is 8. The Kier molecular flexibility index (Phi) is 6.01. The minimum Gasteiger partial charge on any atom is -0.394 e. The molecule has 2 aliphatic heterocycles. The number of rotatable bonds is 5. The normalized spacial score (nSPS) is 26.9. The fourth-order valence-corrected chi connectivity index (χ4v) is 4.86. The van der Waals surface area contributed by atoms with Gasteiger partial charge >= 0.3 is 0 Å². The molecule has 180 valence electrons. The molecule has 1 fully saturated rings. The van der Waals surface area contributed by atoms with Crippen molar-refractivity contribution < 1.29 is 29.9 Å². The van der Waals surface area contributed by atoms with E-state index in [2.05, 4.69) is 6.07 Å². The van der Waals surface area contributed by atoms with Crippen LogP contribution in [0.25, 0.3) is 22.3 Å². The summed E-state index contributed by atoms with van der Waals surface area (Å²) in [7, 11) is 0. The van der Waals surface area contributed by atoms with Gasteiger partial charge in [0.2, 0.25) is 0 Å². The van der Waals surface area contributed by atoms with Crippen LogP contribution < -0.4 is 5.56 Å². The summed E-state index contributed by atoms with van der Waals surface area (Å²) in [5, 5.41) is 41.0. The summed E-state index contributed by atoms with van der Waals surface area (Å²) >= 11 is 0. The van der Waals surface area contributed by atoms with Crippen LogP contribution in [0.5, 0.6) is 0 Å². The van der Waals surface area contributed by atoms with Crippen molar-refractivity contribution in [2.75, 3.05) is 6.61 Å². The average Bonchev–Trinajstić information content (AvgIpc) is 3.20. The van der Waals surface area contributed by atoms with E-state index in [-0.39, 0.29) is 5.56 Å². The molecule has 1 saturated heterocycles. The van der Waals surface area contributed by atoms with E-state index in [1.807, 2.05) is 37.3 Å². The third kappa shape index (κ3) is 3.65. The lowest BCUT2D eigenvalue weighted by Crippen LogP contribution is -2.59. The number of para-hydroxylation sites is 1. The van der Waals surface area contributed by atoms with Gasteiger partial charge in [-0.25, -0.2) is 4.98 Å². The van der Waals surface area contributed by atoms with Crippen LogP contribution in [0.2, 0.25) is 0 Å². The van der Waals surface area contributed by atoms with Crippen LogP contribution in [0.3, 0.4) is 0 Å². The molecule has 0 bridgehead atoms. The third-order valence-electron chi connectivity index (χ3n) is 6.82. The predicted molar refractivity (Wildman–Crippen MR) is 123 cm³/mol. The number of aromatic nitrogens is 2. The second-order valence-electron chi connectivity index (χ2n) is 8.92. The Hall–Kier alpha value is -2.66. The van der Waals surface area contributed by atoms with E-state index in [0.717, 1.165) is 22.2 Å². The Labute approximate surface area is 195 Å². The van der Waals surface area contributed by atoms with E-state index in [9.17, 15) is 25.2 Å². The van der Waals surface area contributed by atoms with Crippen LogP contribution in [0.4, 0.5) is 0 Å². The lowest BCUT2D eigenvalue weighted by Gasteiger charge is -2.41. The maximum absolute atomic E-state index is 13.3. The molecule has 0 unspecified atom stereocenters. The Balaban J connectivity index is 1.53. The van der Waals surface area contributed by atoms with Gasteiger partial charge in [0.25, 0.3) is 5.56 Å². The van der Waals surface area contributed by atoms with Crippen molar-refractivity contribution in [3.05, 3.63) is 63.4 Å². The molecule has 0 saturated carbocycles. The van der Waals surface area contributed by atoms with Gasteiger partial charge in [0.05, 0.1) is 36.2 Å². The molecule has 0 aliphatic carbocycles. The Morgan fingerprint density at radius 1 is 1.18 bits per heavy atom. The Morgan fingerprint density at radius 2 is 1.94 bits per heavy atom. The van der Waals surface area contributed by atoms with Gasteiger partial charge in [0.1, 0.15) is 24.4 Å². The van der Waals surface area contributed by atoms with Crippen molar-refractivity contribution in [3.8, 4) is 11.4 Å². The number of aliphatic hydroxyl groups excluding tert-OH is 4. The van der Waals surface area contributed by atoms with Crippen molar-refractivity contribution in [2.24, 2.45) is 0 Å². The summed E-state index contributed by atoms with van der Waals surface area (Å²) < 4.78 is 13.2. The molecule has 5 rings (SSSR count). The van der Waals surface area contributed by atoms with Crippen molar-refractivity contribution in [1.29, 1.82) is 0 Å². The molecule has 3 aromatic rings. The third-order valence-corrected chi connectivity index (χ3v) is 6.82. The Morgan fingerprint density at radius 3 is 2.68 bits per heavy atom. The molecule has 9 nitrogen and oxygen atoms in total. The van der Waals surface area contributed by atoms with Crippen LogP contribution in [0, 0.1) is 6.92 Å². The number of benzene rings is 1. The Bertz CT molecular complexity index is 1290. The first-order chi connectivity index (χ1) is 16.3. The molecule has 0 radical (unpaired) electrons. The molecule has 1 aromatic carbocycles. The smallest absolute Gasteiger partial charge is 0.254 e. The van der Waals surface area contributed by atoms with Gasteiger partial charge in [-0.2, -0.15) is 0 Å². The van der Waals surface area contributed by atoms with Crippen LogP contribution in [-0.2, 0) is 16.0 Å². The van der Waals surface area contributed by atoms with Gasteiger partial charge in [0, 0.05) is 16.5 Å². The van der Waals surface area contributed by atoms with Crippen molar-refractivity contribution >= 4 is 10.9 Å². The molecule has 6 atom stereocenters. The van der Waals surface area contributed by atoms with E-state index >= 15 is 0 Å². The summed E-state index contributed by atoms with van der Waals surface area (Å²) in [5.74, 6) is 0. The molecule has 2 aliphatic rings. The number of hydrogen-bond donors (Lipinski definition) is 4. The number of ether oxygens (including phenoxy) is 2. The zero-order chi connectivity index (χ0) is 24.1. The average molecular weight is 469 g/mol. The highest BCUT2D eigenvalue weighted by Crippen LogP contribution is 2.36. The van der Waals surface area contributed by atoms with E-state index in [1.54, 1.807) is 11.5 Å². The van der Waals surface area contributed by atoms with Gasteiger partial charge in [-0.1, -0.05) is 25.1 Å². The van der Waals surface area contributed by atoms with Gasteiger partial charge in [-0.15, -0.1) is 0 Å². The molecular weight excluding hydrogens is 440 g/mol. The fraction of sp³-hybridized carbons (Fsp3) is 0.440. The molecule has 4 N–H and O–H groups in total. The molecule has 4 heterocycles. The van der Waals surface area contributed by atoms with E-state index < -0.39 is 43.4 Å². The van der Waals surface area contributed by atoms with Gasteiger partial charge < -0.3 is 34.5 Å². The quantitative estimate of drug-likeness (QED) is 0.341. The topological polar surface area (TPSA) is 134 Å². The number of pyridine rings is 2. The highest BCUT2D eigenvalue weighted by atomic mass is 16.7. The molecule has 0 amide bonds. The summed E-state index contributed by atoms with van der Waals surface area (Å²) in [6, 6.07) is 11.7. The molecule has 0 spiro atoms. The summed E-state index contributed by atoms with van der Waals surface area (Å²) in [6.07, 6.45) is -7.06. The summed E-state index contributed by atoms with van der Waals surface area (Å²) in [4.78, 5) is 18.1. The molecule has 9 heteroatoms. The van der Waals surface area contributed by atoms with E-state index in [1.165, 1.54) is 0 Å².